The molecule has 1 aliphatic rings. The molecule has 0 saturated carbocycles. The van der Waals surface area contributed by atoms with Crippen LogP contribution >= 0.6 is 0 Å². The normalized spacial score (nSPS) is 17.1. The minimum atomic E-state index is -0.262. The highest BCUT2D eigenvalue weighted by Gasteiger charge is 2.16. The van der Waals surface area contributed by atoms with Crippen LogP contribution in [0.3, 0.4) is 0 Å². The van der Waals surface area contributed by atoms with E-state index in [4.69, 9.17) is 4.74 Å². The zero-order valence-corrected chi connectivity index (χ0v) is 13.7. The third-order valence-electron chi connectivity index (χ3n) is 3.54. The number of amides is 3. The molecule has 6 nitrogen and oxygen atoms in total. The second kappa shape index (κ2) is 8.53. The van der Waals surface area contributed by atoms with Crippen LogP contribution in [-0.2, 0) is 9.53 Å². The van der Waals surface area contributed by atoms with Crippen LogP contribution in [0.2, 0.25) is 0 Å². The molecule has 1 aromatic carbocycles. The lowest BCUT2D eigenvalue weighted by Gasteiger charge is -2.12. The molecular formula is C17H25N3O3. The number of rotatable bonds is 6. The van der Waals surface area contributed by atoms with Gasteiger partial charge < -0.3 is 20.7 Å². The summed E-state index contributed by atoms with van der Waals surface area (Å²) in [6.45, 7) is 4.59. The second-order valence-electron chi connectivity index (χ2n) is 6.06. The molecule has 6 heteroatoms. The number of carbonyl (C=O) groups is 2. The highest BCUT2D eigenvalue weighted by molar-refractivity contribution is 5.93. The lowest BCUT2D eigenvalue weighted by Crippen LogP contribution is -2.34. The Morgan fingerprint density at radius 2 is 2.00 bits per heavy atom. The summed E-state index contributed by atoms with van der Waals surface area (Å²) in [5.41, 5.74) is 1.31. The van der Waals surface area contributed by atoms with Gasteiger partial charge in [0, 0.05) is 30.4 Å². The van der Waals surface area contributed by atoms with E-state index < -0.39 is 0 Å². The smallest absolute Gasteiger partial charge is 0.319 e. The number of benzene rings is 1. The van der Waals surface area contributed by atoms with Crippen molar-refractivity contribution in [3.8, 4) is 0 Å². The van der Waals surface area contributed by atoms with E-state index in [9.17, 15) is 9.59 Å². The van der Waals surface area contributed by atoms with Crippen molar-refractivity contribution in [1.29, 1.82) is 0 Å². The molecule has 0 spiro atoms. The molecule has 1 fully saturated rings. The van der Waals surface area contributed by atoms with Gasteiger partial charge in [0.2, 0.25) is 5.91 Å². The number of anilines is 2. The molecule has 2 rings (SSSR count). The second-order valence-corrected chi connectivity index (χ2v) is 6.06. The van der Waals surface area contributed by atoms with Gasteiger partial charge in [0.15, 0.2) is 0 Å². The first-order chi connectivity index (χ1) is 11.0. The quantitative estimate of drug-likeness (QED) is 0.754. The maximum atomic E-state index is 12.0. The van der Waals surface area contributed by atoms with E-state index in [1.165, 1.54) is 0 Å². The zero-order chi connectivity index (χ0) is 16.7. The molecule has 23 heavy (non-hydrogen) atoms. The highest BCUT2D eigenvalue weighted by Crippen LogP contribution is 2.18. The molecule has 1 aromatic rings. The Labute approximate surface area is 137 Å². The van der Waals surface area contributed by atoms with Crippen LogP contribution in [0.1, 0.15) is 39.5 Å². The van der Waals surface area contributed by atoms with Crippen molar-refractivity contribution in [2.75, 3.05) is 17.2 Å². The Morgan fingerprint density at radius 3 is 2.65 bits per heavy atom. The van der Waals surface area contributed by atoms with Crippen LogP contribution in [0.4, 0.5) is 16.2 Å². The predicted molar refractivity (Wildman–Crippen MR) is 90.6 cm³/mol. The molecule has 0 aromatic heterocycles. The fourth-order valence-electron chi connectivity index (χ4n) is 2.49. The van der Waals surface area contributed by atoms with Gasteiger partial charge in [-0.15, -0.1) is 0 Å². The first-order valence-electron chi connectivity index (χ1n) is 8.12. The Bertz CT molecular complexity index is 540. The van der Waals surface area contributed by atoms with Gasteiger partial charge in [-0.2, -0.15) is 0 Å². The highest BCUT2D eigenvalue weighted by atomic mass is 16.5. The Kier molecular flexibility index (Phi) is 6.40. The van der Waals surface area contributed by atoms with Crippen LogP contribution in [0.5, 0.6) is 0 Å². The molecule has 3 N–H and O–H groups in total. The molecule has 3 amide bonds. The summed E-state index contributed by atoms with van der Waals surface area (Å²) >= 11 is 0. The molecule has 0 aliphatic carbocycles. The van der Waals surface area contributed by atoms with E-state index in [0.717, 1.165) is 25.9 Å². The maximum absolute atomic E-state index is 12.0. The molecule has 126 valence electrons. The zero-order valence-electron chi connectivity index (χ0n) is 13.7. The lowest BCUT2D eigenvalue weighted by atomic mass is 10.1. The average Bonchev–Trinajstić information content (AvgIpc) is 2.97. The van der Waals surface area contributed by atoms with E-state index in [0.29, 0.717) is 17.8 Å². The van der Waals surface area contributed by atoms with Crippen LogP contribution in [0.15, 0.2) is 24.3 Å². The SMILES string of the molecule is CC(C)NC(=O)Nc1cccc(NC(=O)CC[C@H]2CCCO2)c1. The number of urea groups is 1. The van der Waals surface area contributed by atoms with Crippen molar-refractivity contribution in [2.24, 2.45) is 0 Å². The first kappa shape index (κ1) is 17.3. The minimum absolute atomic E-state index is 0.0377. The van der Waals surface area contributed by atoms with Crippen molar-refractivity contribution in [2.45, 2.75) is 51.7 Å². The molecule has 0 radical (unpaired) electrons. The van der Waals surface area contributed by atoms with Crippen LogP contribution in [0, 0.1) is 0 Å². The molecular weight excluding hydrogens is 294 g/mol. The maximum Gasteiger partial charge on any atom is 0.319 e. The van der Waals surface area contributed by atoms with Crippen LogP contribution in [-0.4, -0.2) is 30.7 Å². The van der Waals surface area contributed by atoms with Crippen molar-refractivity contribution >= 4 is 23.3 Å². The van der Waals surface area contributed by atoms with Crippen molar-refractivity contribution in [1.82, 2.24) is 5.32 Å². The van der Waals surface area contributed by atoms with Gasteiger partial charge in [-0.1, -0.05) is 6.07 Å². The molecule has 1 aliphatic heterocycles. The van der Waals surface area contributed by atoms with Gasteiger partial charge >= 0.3 is 6.03 Å². The number of hydrogen-bond donors (Lipinski definition) is 3. The molecule has 1 atom stereocenters. The standard InChI is InChI=1S/C17H25N3O3/c1-12(2)18-17(22)20-14-6-3-5-13(11-14)19-16(21)9-8-15-7-4-10-23-15/h3,5-6,11-12,15H,4,7-10H2,1-2H3,(H,19,21)(H2,18,20,22)/t15-/m1/s1. The van der Waals surface area contributed by atoms with Crippen molar-refractivity contribution < 1.29 is 14.3 Å². The Hall–Kier alpha value is -2.08. The minimum Gasteiger partial charge on any atom is -0.378 e. The summed E-state index contributed by atoms with van der Waals surface area (Å²) in [4.78, 5) is 23.7. The number of nitrogens with one attached hydrogen (secondary N) is 3. The Balaban J connectivity index is 1.81. The summed E-state index contributed by atoms with van der Waals surface area (Å²) in [5, 5.41) is 8.35. The van der Waals surface area contributed by atoms with Crippen LogP contribution < -0.4 is 16.0 Å². The monoisotopic (exact) mass is 319 g/mol. The van der Waals surface area contributed by atoms with Gasteiger partial charge in [-0.05, 0) is 51.3 Å². The van der Waals surface area contributed by atoms with Crippen LogP contribution in [0.25, 0.3) is 0 Å². The topological polar surface area (TPSA) is 79.5 Å². The van der Waals surface area contributed by atoms with E-state index in [1.807, 2.05) is 13.8 Å². The first-order valence-corrected chi connectivity index (χ1v) is 8.12. The summed E-state index contributed by atoms with van der Waals surface area (Å²) in [7, 11) is 0. The Morgan fingerprint density at radius 1 is 1.26 bits per heavy atom. The number of carbonyl (C=O) groups excluding carboxylic acids is 2. The fourth-order valence-corrected chi connectivity index (χ4v) is 2.49. The largest absolute Gasteiger partial charge is 0.378 e. The predicted octanol–water partition coefficient (Wildman–Crippen LogP) is 3.11. The van der Waals surface area contributed by atoms with E-state index in [1.54, 1.807) is 24.3 Å². The summed E-state index contributed by atoms with van der Waals surface area (Å²) in [6, 6.07) is 6.92. The fraction of sp³-hybridized carbons (Fsp3) is 0.529. The lowest BCUT2D eigenvalue weighted by molar-refractivity contribution is -0.116. The summed E-state index contributed by atoms with van der Waals surface area (Å²) < 4.78 is 5.51. The van der Waals surface area contributed by atoms with Gasteiger partial charge in [0.05, 0.1) is 6.10 Å². The van der Waals surface area contributed by atoms with Crippen molar-refractivity contribution in [3.05, 3.63) is 24.3 Å². The van der Waals surface area contributed by atoms with Gasteiger partial charge in [0.25, 0.3) is 0 Å². The summed E-state index contributed by atoms with van der Waals surface area (Å²) in [5.74, 6) is -0.0377. The molecule has 0 unspecified atom stereocenters. The van der Waals surface area contributed by atoms with E-state index in [2.05, 4.69) is 16.0 Å². The number of ether oxygens (including phenoxy) is 1. The van der Waals surface area contributed by atoms with Gasteiger partial charge in [-0.25, -0.2) is 4.79 Å². The van der Waals surface area contributed by atoms with Gasteiger partial charge in [-0.3, -0.25) is 4.79 Å². The van der Waals surface area contributed by atoms with Gasteiger partial charge in [0.1, 0.15) is 0 Å². The summed E-state index contributed by atoms with van der Waals surface area (Å²) in [6.07, 6.45) is 3.53. The third-order valence-corrected chi connectivity index (χ3v) is 3.54. The molecule has 0 bridgehead atoms. The average molecular weight is 319 g/mol. The molecule has 1 heterocycles. The molecule has 1 saturated heterocycles. The van der Waals surface area contributed by atoms with E-state index >= 15 is 0 Å². The third kappa shape index (κ3) is 6.28. The van der Waals surface area contributed by atoms with E-state index in [-0.39, 0.29) is 24.1 Å². The number of hydrogen-bond acceptors (Lipinski definition) is 3. The van der Waals surface area contributed by atoms with Crippen molar-refractivity contribution in [3.63, 3.8) is 0 Å².